The second kappa shape index (κ2) is 11.5. The summed E-state index contributed by atoms with van der Waals surface area (Å²) in [6.45, 7) is 3.99. The minimum absolute atomic E-state index is 0.260. The van der Waals surface area contributed by atoms with Crippen LogP contribution in [0.5, 0.6) is 5.75 Å². The zero-order valence-electron chi connectivity index (χ0n) is 23.2. The standard InChI is InChI=1S/C34H29ClN4O3/c1-22-30(33(40)38(36-22)26-14-8-4-9-15-26)32(31-23(2)37-39(34(31)41)27-16-10-5-11-17-27)28-20-25(35)18-19-29(28)42-21-24-12-6-3-7-13-24/h3-20,32,36-37H,21H2,1-2H3. The van der Waals surface area contributed by atoms with Gasteiger partial charge in [-0.05, 0) is 61.9 Å². The number of benzene rings is 4. The van der Waals surface area contributed by atoms with Crippen LogP contribution in [0.3, 0.4) is 0 Å². The highest BCUT2D eigenvalue weighted by Gasteiger charge is 2.33. The van der Waals surface area contributed by atoms with Crippen molar-refractivity contribution in [2.75, 3.05) is 0 Å². The van der Waals surface area contributed by atoms with Crippen molar-refractivity contribution in [3.05, 3.63) is 169 Å². The molecule has 2 heterocycles. The van der Waals surface area contributed by atoms with E-state index >= 15 is 0 Å². The molecule has 7 nitrogen and oxygen atoms in total. The van der Waals surface area contributed by atoms with Gasteiger partial charge in [0.2, 0.25) is 0 Å². The van der Waals surface area contributed by atoms with E-state index in [0.29, 0.717) is 56.8 Å². The molecule has 8 heteroatoms. The van der Waals surface area contributed by atoms with Crippen LogP contribution >= 0.6 is 11.6 Å². The monoisotopic (exact) mass is 576 g/mol. The molecule has 0 unspecified atom stereocenters. The second-order valence-corrected chi connectivity index (χ2v) is 10.6. The van der Waals surface area contributed by atoms with E-state index in [1.807, 2.05) is 105 Å². The number of para-hydroxylation sites is 2. The molecule has 0 aliphatic rings. The molecular weight excluding hydrogens is 548 g/mol. The minimum Gasteiger partial charge on any atom is -0.489 e. The first-order valence-electron chi connectivity index (χ1n) is 13.6. The molecule has 2 aromatic heterocycles. The molecule has 42 heavy (non-hydrogen) atoms. The van der Waals surface area contributed by atoms with E-state index in [0.717, 1.165) is 5.56 Å². The van der Waals surface area contributed by atoms with Crippen LogP contribution in [-0.2, 0) is 6.61 Å². The van der Waals surface area contributed by atoms with E-state index in [-0.39, 0.29) is 11.1 Å². The summed E-state index contributed by atoms with van der Waals surface area (Å²) in [4.78, 5) is 28.4. The van der Waals surface area contributed by atoms with Crippen molar-refractivity contribution in [3.8, 4) is 17.1 Å². The van der Waals surface area contributed by atoms with Gasteiger partial charge in [0, 0.05) is 22.0 Å². The largest absolute Gasteiger partial charge is 0.489 e. The van der Waals surface area contributed by atoms with Gasteiger partial charge in [0.05, 0.1) is 28.4 Å². The minimum atomic E-state index is -0.781. The lowest BCUT2D eigenvalue weighted by atomic mass is 9.84. The number of ether oxygens (including phenoxy) is 1. The highest BCUT2D eigenvalue weighted by atomic mass is 35.5. The van der Waals surface area contributed by atoms with Gasteiger partial charge in [0.1, 0.15) is 12.4 Å². The van der Waals surface area contributed by atoms with Crippen molar-refractivity contribution in [2.45, 2.75) is 26.4 Å². The smallest absolute Gasteiger partial charge is 0.275 e. The Bertz CT molecular complexity index is 1860. The average Bonchev–Trinajstić information content (AvgIpc) is 3.48. The van der Waals surface area contributed by atoms with Gasteiger partial charge in [-0.25, -0.2) is 9.36 Å². The first-order chi connectivity index (χ1) is 20.4. The van der Waals surface area contributed by atoms with Gasteiger partial charge in [-0.2, -0.15) is 0 Å². The van der Waals surface area contributed by atoms with Crippen molar-refractivity contribution in [3.63, 3.8) is 0 Å². The zero-order valence-corrected chi connectivity index (χ0v) is 23.9. The molecule has 4 aromatic carbocycles. The number of nitrogens with one attached hydrogen (secondary N) is 2. The van der Waals surface area contributed by atoms with E-state index < -0.39 is 5.92 Å². The van der Waals surface area contributed by atoms with Crippen LogP contribution in [-0.4, -0.2) is 19.6 Å². The van der Waals surface area contributed by atoms with E-state index in [1.54, 1.807) is 18.2 Å². The number of rotatable bonds is 8. The third-order valence-corrected chi connectivity index (χ3v) is 7.60. The fourth-order valence-corrected chi connectivity index (χ4v) is 5.56. The normalized spacial score (nSPS) is 11.2. The van der Waals surface area contributed by atoms with Crippen molar-refractivity contribution in [2.24, 2.45) is 0 Å². The molecule has 0 amide bonds. The number of aromatic amines is 2. The lowest BCUT2D eigenvalue weighted by Crippen LogP contribution is -2.25. The van der Waals surface area contributed by atoms with Crippen LogP contribution in [0.15, 0.2) is 119 Å². The average molecular weight is 577 g/mol. The van der Waals surface area contributed by atoms with E-state index in [9.17, 15) is 9.59 Å². The molecule has 6 aromatic rings. The lowest BCUT2D eigenvalue weighted by molar-refractivity contribution is 0.302. The highest BCUT2D eigenvalue weighted by Crippen LogP contribution is 2.39. The van der Waals surface area contributed by atoms with Crippen LogP contribution in [0, 0.1) is 13.8 Å². The number of nitrogens with zero attached hydrogens (tertiary/aromatic N) is 2. The Morgan fingerprint density at radius 1 is 0.690 bits per heavy atom. The quantitative estimate of drug-likeness (QED) is 0.212. The zero-order chi connectivity index (χ0) is 29.2. The molecule has 210 valence electrons. The summed E-state index contributed by atoms with van der Waals surface area (Å²) in [5, 5.41) is 6.93. The van der Waals surface area contributed by atoms with Crippen LogP contribution in [0.2, 0.25) is 5.02 Å². The molecule has 6 rings (SSSR count). The first kappa shape index (κ1) is 27.2. The molecule has 0 saturated carbocycles. The third-order valence-electron chi connectivity index (χ3n) is 7.36. The Kier molecular flexibility index (Phi) is 7.42. The number of aryl methyl sites for hydroxylation is 2. The molecule has 0 aliphatic heterocycles. The second-order valence-electron chi connectivity index (χ2n) is 10.1. The predicted octanol–water partition coefficient (Wildman–Crippen LogP) is 6.67. The van der Waals surface area contributed by atoms with Crippen LogP contribution < -0.4 is 15.9 Å². The summed E-state index contributed by atoms with van der Waals surface area (Å²) in [5.41, 5.74) is 4.61. The fourth-order valence-electron chi connectivity index (χ4n) is 5.38. The lowest BCUT2D eigenvalue weighted by Gasteiger charge is -2.20. The topological polar surface area (TPSA) is 84.8 Å². The van der Waals surface area contributed by atoms with Crippen molar-refractivity contribution in [1.82, 2.24) is 19.6 Å². The van der Waals surface area contributed by atoms with E-state index in [4.69, 9.17) is 16.3 Å². The van der Waals surface area contributed by atoms with Crippen LogP contribution in [0.4, 0.5) is 0 Å². The number of hydrogen-bond donors (Lipinski definition) is 2. The molecule has 0 spiro atoms. The molecule has 0 saturated heterocycles. The van der Waals surface area contributed by atoms with Crippen LogP contribution in [0.25, 0.3) is 11.4 Å². The summed E-state index contributed by atoms with van der Waals surface area (Å²) >= 11 is 6.58. The molecule has 0 radical (unpaired) electrons. The molecule has 0 atom stereocenters. The fraction of sp³-hybridized carbons (Fsp3) is 0.118. The number of H-pyrrole nitrogens is 2. The summed E-state index contributed by atoms with van der Waals surface area (Å²) in [6, 6.07) is 33.8. The molecule has 0 fully saturated rings. The maximum absolute atomic E-state index is 14.2. The van der Waals surface area contributed by atoms with E-state index in [1.165, 1.54) is 9.36 Å². The van der Waals surface area contributed by atoms with Gasteiger partial charge in [-0.1, -0.05) is 78.3 Å². The van der Waals surface area contributed by atoms with Crippen LogP contribution in [0.1, 0.15) is 39.6 Å². The Morgan fingerprint density at radius 2 is 1.17 bits per heavy atom. The summed E-state index contributed by atoms with van der Waals surface area (Å²) in [6.07, 6.45) is 0. The predicted molar refractivity (Wildman–Crippen MR) is 165 cm³/mol. The Balaban J connectivity index is 1.58. The maximum atomic E-state index is 14.2. The van der Waals surface area contributed by atoms with Crippen molar-refractivity contribution < 1.29 is 4.74 Å². The first-order valence-corrected chi connectivity index (χ1v) is 14.0. The Hall–Kier alpha value is -5.01. The van der Waals surface area contributed by atoms with Crippen molar-refractivity contribution in [1.29, 1.82) is 0 Å². The maximum Gasteiger partial charge on any atom is 0.275 e. The van der Waals surface area contributed by atoms with Gasteiger partial charge in [-0.3, -0.25) is 19.8 Å². The van der Waals surface area contributed by atoms with Gasteiger partial charge < -0.3 is 4.74 Å². The molecule has 0 aliphatic carbocycles. The highest BCUT2D eigenvalue weighted by molar-refractivity contribution is 6.30. The third kappa shape index (κ3) is 5.10. The van der Waals surface area contributed by atoms with Gasteiger partial charge in [-0.15, -0.1) is 0 Å². The SMILES string of the molecule is Cc1[nH]n(-c2ccccc2)c(=O)c1C(c1cc(Cl)ccc1OCc1ccccc1)c1c(C)[nH]n(-c2ccccc2)c1=O. The summed E-state index contributed by atoms with van der Waals surface area (Å²) in [5.74, 6) is -0.248. The van der Waals surface area contributed by atoms with Gasteiger partial charge in [0.25, 0.3) is 11.1 Å². The molecular formula is C34H29ClN4O3. The molecule has 0 bridgehead atoms. The number of hydrogen-bond acceptors (Lipinski definition) is 3. The van der Waals surface area contributed by atoms with E-state index in [2.05, 4.69) is 10.2 Å². The van der Waals surface area contributed by atoms with Crippen molar-refractivity contribution >= 4 is 11.6 Å². The molecule has 2 N–H and O–H groups in total. The summed E-state index contributed by atoms with van der Waals surface area (Å²) in [7, 11) is 0. The van der Waals surface area contributed by atoms with Gasteiger partial charge >= 0.3 is 0 Å². The number of aromatic nitrogens is 4. The summed E-state index contributed by atoms with van der Waals surface area (Å²) < 4.78 is 9.36. The Labute approximate surface area is 247 Å². The van der Waals surface area contributed by atoms with Gasteiger partial charge in [0.15, 0.2) is 0 Å². The Morgan fingerprint density at radius 3 is 1.67 bits per heavy atom. The number of halogens is 1.